The van der Waals surface area contributed by atoms with Gasteiger partial charge >= 0.3 is 11.9 Å². The highest BCUT2D eigenvalue weighted by molar-refractivity contribution is 5.85. The minimum absolute atomic E-state index is 0.198. The van der Waals surface area contributed by atoms with Crippen molar-refractivity contribution in [1.29, 1.82) is 0 Å². The Morgan fingerprint density at radius 2 is 1.69 bits per heavy atom. The number of benzene rings is 2. The van der Waals surface area contributed by atoms with Gasteiger partial charge in [-0.15, -0.1) is 0 Å². The summed E-state index contributed by atoms with van der Waals surface area (Å²) in [5, 5.41) is 37.2. The number of phenolic OH excluding ortho intramolecular Hbond substituents is 2. The topological polar surface area (TPSA) is 134 Å². The zero-order chi connectivity index (χ0) is 18.8. The third-order valence-electron chi connectivity index (χ3n) is 3.74. The minimum atomic E-state index is -1.37. The highest BCUT2D eigenvalue weighted by atomic mass is 16.6. The lowest BCUT2D eigenvalue weighted by Gasteiger charge is -2.32. The third kappa shape index (κ3) is 3.39. The summed E-state index contributed by atoms with van der Waals surface area (Å²) in [6.45, 7) is 0. The van der Waals surface area contributed by atoms with Crippen molar-refractivity contribution in [3.8, 4) is 23.0 Å². The molecule has 1 aliphatic heterocycles. The predicted molar refractivity (Wildman–Crippen MR) is 88.3 cm³/mol. The summed E-state index contributed by atoms with van der Waals surface area (Å²) in [5.41, 5.74) is 0.820. The molecule has 2 atom stereocenters. The molecule has 1 heterocycles. The minimum Gasteiger partial charge on any atom is -0.504 e. The van der Waals surface area contributed by atoms with Crippen LogP contribution >= 0.6 is 0 Å². The summed E-state index contributed by atoms with van der Waals surface area (Å²) in [6.07, 6.45) is -0.130. The van der Waals surface area contributed by atoms with Crippen LogP contribution in [0.2, 0.25) is 0 Å². The molecule has 26 heavy (non-hydrogen) atoms. The number of ether oxygens (including phenoxy) is 2. The largest absolute Gasteiger partial charge is 0.504 e. The number of aromatic hydroxyl groups is 2. The summed E-state index contributed by atoms with van der Waals surface area (Å²) in [4.78, 5) is 22.2. The monoisotopic (exact) mass is 358 g/mol. The number of hydrogen-bond acceptors (Lipinski definition) is 6. The van der Waals surface area contributed by atoms with Gasteiger partial charge in [-0.2, -0.15) is 0 Å². The third-order valence-corrected chi connectivity index (χ3v) is 3.74. The first-order valence-corrected chi connectivity index (χ1v) is 7.48. The number of carboxylic acid groups (broad SMARTS) is 2. The van der Waals surface area contributed by atoms with E-state index in [9.17, 15) is 24.9 Å². The summed E-state index contributed by atoms with van der Waals surface area (Å²) in [6, 6.07) is 8.38. The fraction of sp³-hybridized carbons (Fsp3) is 0.111. The highest BCUT2D eigenvalue weighted by Gasteiger charge is 2.38. The SMILES string of the molecule is O=C(O)/C=C/c1ccc2c(c1)O[C@H](c1ccc(O)c(O)c1)[C@@H](C(=O)O)O2. The fourth-order valence-electron chi connectivity index (χ4n) is 2.52. The van der Waals surface area contributed by atoms with Gasteiger partial charge in [-0.3, -0.25) is 0 Å². The first kappa shape index (κ1) is 17.2. The average molecular weight is 358 g/mol. The van der Waals surface area contributed by atoms with Crippen molar-refractivity contribution >= 4 is 18.0 Å². The highest BCUT2D eigenvalue weighted by Crippen LogP contribution is 2.41. The van der Waals surface area contributed by atoms with Crippen LogP contribution in [0.15, 0.2) is 42.5 Å². The van der Waals surface area contributed by atoms with E-state index in [1.165, 1.54) is 36.4 Å². The van der Waals surface area contributed by atoms with Gasteiger partial charge in [0.1, 0.15) is 0 Å². The number of aliphatic carboxylic acids is 2. The Bertz CT molecular complexity index is 902. The van der Waals surface area contributed by atoms with Gasteiger partial charge in [0.25, 0.3) is 0 Å². The molecule has 134 valence electrons. The molecule has 0 aromatic heterocycles. The van der Waals surface area contributed by atoms with Crippen LogP contribution in [0.1, 0.15) is 17.2 Å². The summed E-state index contributed by atoms with van der Waals surface area (Å²) < 4.78 is 11.3. The van der Waals surface area contributed by atoms with Crippen molar-refractivity contribution in [1.82, 2.24) is 0 Å². The van der Waals surface area contributed by atoms with E-state index in [-0.39, 0.29) is 17.2 Å². The fourth-order valence-corrected chi connectivity index (χ4v) is 2.52. The van der Waals surface area contributed by atoms with Gasteiger partial charge in [-0.05, 0) is 35.9 Å². The molecule has 8 heteroatoms. The van der Waals surface area contributed by atoms with E-state index in [0.717, 1.165) is 6.08 Å². The molecule has 0 spiro atoms. The van der Waals surface area contributed by atoms with Gasteiger partial charge in [0.15, 0.2) is 29.1 Å². The second-order valence-electron chi connectivity index (χ2n) is 5.54. The molecular formula is C18H14O8. The van der Waals surface area contributed by atoms with Gasteiger partial charge in [-0.25, -0.2) is 9.59 Å². The predicted octanol–water partition coefficient (Wildman–Crippen LogP) is 2.16. The lowest BCUT2D eigenvalue weighted by molar-refractivity contribution is -0.151. The normalized spacial score (nSPS) is 18.6. The Hall–Kier alpha value is -3.68. The molecule has 0 bridgehead atoms. The molecule has 0 unspecified atom stereocenters. The lowest BCUT2D eigenvalue weighted by Crippen LogP contribution is -2.39. The van der Waals surface area contributed by atoms with Crippen LogP contribution in [0, 0.1) is 0 Å². The molecule has 2 aromatic rings. The zero-order valence-corrected chi connectivity index (χ0v) is 13.2. The summed E-state index contributed by atoms with van der Waals surface area (Å²) in [7, 11) is 0. The van der Waals surface area contributed by atoms with Gasteiger partial charge in [0, 0.05) is 11.6 Å². The van der Waals surface area contributed by atoms with Crippen LogP contribution in [0.4, 0.5) is 0 Å². The average Bonchev–Trinajstić information content (AvgIpc) is 2.60. The van der Waals surface area contributed by atoms with Crippen molar-refractivity contribution in [2.75, 3.05) is 0 Å². The standard InChI is InChI=1S/C18H14O8/c19-11-4-3-10(8-12(11)20)16-17(18(23)24)25-13-5-1-9(2-6-15(21)22)7-14(13)26-16/h1-8,16-17,19-20H,(H,21,22)(H,23,24)/b6-2+/t16-,17+/m1/s1. The molecule has 3 rings (SSSR count). The number of phenols is 2. The van der Waals surface area contributed by atoms with Crippen LogP contribution in [0.5, 0.6) is 23.0 Å². The molecule has 4 N–H and O–H groups in total. The quantitative estimate of drug-likeness (QED) is 0.483. The number of hydrogen-bond donors (Lipinski definition) is 4. The Balaban J connectivity index is 1.98. The second kappa shape index (κ2) is 6.67. The molecule has 0 amide bonds. The molecular weight excluding hydrogens is 344 g/mol. The van der Waals surface area contributed by atoms with E-state index in [0.29, 0.717) is 11.1 Å². The van der Waals surface area contributed by atoms with E-state index in [1.54, 1.807) is 6.07 Å². The molecule has 2 aromatic carbocycles. The van der Waals surface area contributed by atoms with Crippen LogP contribution in [-0.4, -0.2) is 38.5 Å². The van der Waals surface area contributed by atoms with Crippen LogP contribution in [0.3, 0.4) is 0 Å². The van der Waals surface area contributed by atoms with E-state index in [1.807, 2.05) is 0 Å². The molecule has 1 aliphatic rings. The van der Waals surface area contributed by atoms with Crippen molar-refractivity contribution in [2.24, 2.45) is 0 Å². The molecule has 0 radical (unpaired) electrons. The molecule has 0 aliphatic carbocycles. The summed E-state index contributed by atoms with van der Waals surface area (Å²) >= 11 is 0. The van der Waals surface area contributed by atoms with Crippen molar-refractivity contribution in [3.63, 3.8) is 0 Å². The molecule has 0 saturated heterocycles. The lowest BCUT2D eigenvalue weighted by atomic mass is 10.0. The van der Waals surface area contributed by atoms with Crippen molar-refractivity contribution < 1.29 is 39.5 Å². The van der Waals surface area contributed by atoms with E-state index in [4.69, 9.17) is 14.6 Å². The molecule has 8 nitrogen and oxygen atoms in total. The number of carbonyl (C=O) groups is 2. The second-order valence-corrected chi connectivity index (χ2v) is 5.54. The zero-order valence-electron chi connectivity index (χ0n) is 13.2. The first-order chi connectivity index (χ1) is 12.3. The van der Waals surface area contributed by atoms with Crippen molar-refractivity contribution in [2.45, 2.75) is 12.2 Å². The van der Waals surface area contributed by atoms with Gasteiger partial charge in [-0.1, -0.05) is 12.1 Å². The molecule has 0 fully saturated rings. The smallest absolute Gasteiger partial charge is 0.349 e. The maximum atomic E-state index is 11.6. The van der Waals surface area contributed by atoms with Gasteiger partial charge < -0.3 is 29.9 Å². The first-order valence-electron chi connectivity index (χ1n) is 7.48. The Labute approximate surface area is 147 Å². The van der Waals surface area contributed by atoms with Crippen molar-refractivity contribution in [3.05, 3.63) is 53.6 Å². The Morgan fingerprint density at radius 3 is 2.35 bits per heavy atom. The maximum absolute atomic E-state index is 11.6. The summed E-state index contributed by atoms with van der Waals surface area (Å²) in [5.74, 6) is -2.71. The van der Waals surface area contributed by atoms with E-state index in [2.05, 4.69) is 0 Å². The van der Waals surface area contributed by atoms with E-state index >= 15 is 0 Å². The van der Waals surface area contributed by atoms with Crippen LogP contribution in [0.25, 0.3) is 6.08 Å². The van der Waals surface area contributed by atoms with Crippen LogP contribution in [-0.2, 0) is 9.59 Å². The maximum Gasteiger partial charge on any atom is 0.349 e. The number of rotatable bonds is 4. The Morgan fingerprint density at radius 1 is 0.923 bits per heavy atom. The Kier molecular flexibility index (Phi) is 4.40. The number of carboxylic acids is 2. The van der Waals surface area contributed by atoms with Gasteiger partial charge in [0.05, 0.1) is 0 Å². The van der Waals surface area contributed by atoms with E-state index < -0.39 is 29.9 Å². The van der Waals surface area contributed by atoms with Gasteiger partial charge in [0.2, 0.25) is 6.10 Å². The number of fused-ring (bicyclic) bond motifs is 1. The molecule has 0 saturated carbocycles. The van der Waals surface area contributed by atoms with Crippen LogP contribution < -0.4 is 9.47 Å².